The molecule has 0 radical (unpaired) electrons. The normalized spacial score (nSPS) is 10.4. The van der Waals surface area contributed by atoms with Crippen LogP contribution in [0.15, 0.2) is 53.6 Å². The zero-order valence-electron chi connectivity index (χ0n) is 13.7. The van der Waals surface area contributed by atoms with Crippen LogP contribution >= 0.6 is 0 Å². The van der Waals surface area contributed by atoms with Gasteiger partial charge in [0, 0.05) is 13.0 Å². The lowest BCUT2D eigenvalue weighted by Gasteiger charge is -2.09. The molecule has 0 aliphatic rings. The topological polar surface area (TPSA) is 69.2 Å². The van der Waals surface area contributed by atoms with Crippen molar-refractivity contribution in [3.63, 3.8) is 0 Å². The molecular weight excluding hydrogens is 308 g/mol. The number of nitrogens with one attached hydrogen (secondary N) is 1. The van der Waals surface area contributed by atoms with Crippen LogP contribution in [0.2, 0.25) is 0 Å². The van der Waals surface area contributed by atoms with Crippen LogP contribution in [-0.2, 0) is 4.79 Å². The Kier molecular flexibility index (Phi) is 6.64. The third-order valence-corrected chi connectivity index (χ3v) is 2.98. The number of nitrogens with zero attached hydrogens (tertiary/aromatic N) is 1. The van der Waals surface area contributed by atoms with Crippen molar-refractivity contribution in [2.45, 2.75) is 6.92 Å². The summed E-state index contributed by atoms with van der Waals surface area (Å²) in [6, 6.07) is 14.8. The Balaban J connectivity index is 1.74. The molecule has 0 spiro atoms. The average molecular weight is 328 g/mol. The largest absolute Gasteiger partial charge is 0.497 e. The van der Waals surface area contributed by atoms with Crippen molar-refractivity contribution in [2.75, 3.05) is 20.3 Å². The van der Waals surface area contributed by atoms with Crippen LogP contribution in [0.5, 0.6) is 17.2 Å². The summed E-state index contributed by atoms with van der Waals surface area (Å²) in [5.74, 6) is 2.02. The molecule has 6 nitrogen and oxygen atoms in total. The van der Waals surface area contributed by atoms with Gasteiger partial charge in [0.25, 0.3) is 0 Å². The summed E-state index contributed by atoms with van der Waals surface area (Å²) in [6.07, 6.45) is 1.57. The van der Waals surface area contributed by atoms with E-state index in [1.54, 1.807) is 13.3 Å². The SMILES string of the molecule is COc1cccc(OCCOc2ccc(C=NNC(C)=O)cc2)c1. The molecule has 0 saturated heterocycles. The van der Waals surface area contributed by atoms with Gasteiger partial charge in [-0.05, 0) is 42.0 Å². The van der Waals surface area contributed by atoms with Gasteiger partial charge in [-0.3, -0.25) is 4.79 Å². The molecule has 126 valence electrons. The highest BCUT2D eigenvalue weighted by Gasteiger charge is 1.98. The summed E-state index contributed by atoms with van der Waals surface area (Å²) >= 11 is 0. The van der Waals surface area contributed by atoms with Crippen molar-refractivity contribution >= 4 is 12.1 Å². The lowest BCUT2D eigenvalue weighted by Crippen LogP contribution is -2.12. The molecular formula is C18H20N2O4. The summed E-state index contributed by atoms with van der Waals surface area (Å²) in [7, 11) is 1.62. The minimum absolute atomic E-state index is 0.206. The molecule has 1 amide bonds. The number of hydrazone groups is 1. The number of rotatable bonds is 8. The zero-order chi connectivity index (χ0) is 17.2. The van der Waals surface area contributed by atoms with Crippen molar-refractivity contribution in [1.82, 2.24) is 5.43 Å². The summed E-state index contributed by atoms with van der Waals surface area (Å²) in [5.41, 5.74) is 3.21. The Morgan fingerprint density at radius 1 is 1.04 bits per heavy atom. The Morgan fingerprint density at radius 2 is 1.71 bits per heavy atom. The van der Waals surface area contributed by atoms with E-state index in [0.717, 1.165) is 22.8 Å². The van der Waals surface area contributed by atoms with Gasteiger partial charge in [0.1, 0.15) is 30.5 Å². The molecule has 0 aromatic heterocycles. The standard InChI is InChI=1S/C18H20N2O4/c1-14(21)20-19-13-15-6-8-16(9-7-15)23-10-11-24-18-5-3-4-17(12-18)22-2/h3-9,12-13H,10-11H2,1-2H3,(H,20,21). The Hall–Kier alpha value is -3.02. The summed E-state index contributed by atoms with van der Waals surface area (Å²) in [5, 5.41) is 3.80. The van der Waals surface area contributed by atoms with E-state index < -0.39 is 0 Å². The lowest BCUT2D eigenvalue weighted by molar-refractivity contribution is -0.118. The highest BCUT2D eigenvalue weighted by Crippen LogP contribution is 2.18. The number of ether oxygens (including phenoxy) is 3. The molecule has 0 bridgehead atoms. The quantitative estimate of drug-likeness (QED) is 0.459. The van der Waals surface area contributed by atoms with Crippen LogP contribution in [0.1, 0.15) is 12.5 Å². The number of hydrogen-bond acceptors (Lipinski definition) is 5. The first-order valence-corrected chi connectivity index (χ1v) is 7.47. The van der Waals surface area contributed by atoms with E-state index in [1.807, 2.05) is 48.5 Å². The maximum absolute atomic E-state index is 10.7. The lowest BCUT2D eigenvalue weighted by atomic mass is 10.2. The molecule has 6 heteroatoms. The van der Waals surface area contributed by atoms with Crippen LogP contribution in [0.4, 0.5) is 0 Å². The van der Waals surface area contributed by atoms with Gasteiger partial charge in [-0.1, -0.05) is 6.07 Å². The monoisotopic (exact) mass is 328 g/mol. The molecule has 0 aliphatic carbocycles. The first-order valence-electron chi connectivity index (χ1n) is 7.47. The first-order chi connectivity index (χ1) is 11.7. The molecule has 1 N–H and O–H groups in total. The van der Waals surface area contributed by atoms with Crippen LogP contribution in [0.3, 0.4) is 0 Å². The van der Waals surface area contributed by atoms with Gasteiger partial charge in [0.2, 0.25) is 5.91 Å². The number of carbonyl (C=O) groups is 1. The van der Waals surface area contributed by atoms with Crippen LogP contribution in [0.25, 0.3) is 0 Å². The van der Waals surface area contributed by atoms with Gasteiger partial charge in [-0.2, -0.15) is 5.10 Å². The Labute approximate surface area is 141 Å². The van der Waals surface area contributed by atoms with Gasteiger partial charge in [0.05, 0.1) is 13.3 Å². The maximum atomic E-state index is 10.7. The molecule has 2 aromatic carbocycles. The first kappa shape index (κ1) is 17.3. The van der Waals surface area contributed by atoms with E-state index in [2.05, 4.69) is 10.5 Å². The van der Waals surface area contributed by atoms with E-state index >= 15 is 0 Å². The molecule has 2 aromatic rings. The van der Waals surface area contributed by atoms with Gasteiger partial charge in [0.15, 0.2) is 0 Å². The molecule has 2 rings (SSSR count). The van der Waals surface area contributed by atoms with Gasteiger partial charge in [-0.15, -0.1) is 0 Å². The number of hydrogen-bond donors (Lipinski definition) is 1. The minimum Gasteiger partial charge on any atom is -0.497 e. The zero-order valence-corrected chi connectivity index (χ0v) is 13.7. The third kappa shape index (κ3) is 6.00. The maximum Gasteiger partial charge on any atom is 0.236 e. The molecule has 0 unspecified atom stereocenters. The highest BCUT2D eigenvalue weighted by atomic mass is 16.5. The van der Waals surface area contributed by atoms with Crippen molar-refractivity contribution in [2.24, 2.45) is 5.10 Å². The molecule has 0 fully saturated rings. The van der Waals surface area contributed by atoms with E-state index in [1.165, 1.54) is 6.92 Å². The number of carbonyl (C=O) groups excluding carboxylic acids is 1. The molecule has 0 atom stereocenters. The van der Waals surface area contributed by atoms with Gasteiger partial charge >= 0.3 is 0 Å². The smallest absolute Gasteiger partial charge is 0.236 e. The third-order valence-electron chi connectivity index (χ3n) is 2.98. The number of benzene rings is 2. The van der Waals surface area contributed by atoms with Crippen LogP contribution in [-0.4, -0.2) is 32.4 Å². The fourth-order valence-electron chi connectivity index (χ4n) is 1.86. The fraction of sp³-hybridized carbons (Fsp3) is 0.222. The highest BCUT2D eigenvalue weighted by molar-refractivity contribution is 5.81. The van der Waals surface area contributed by atoms with Crippen LogP contribution in [0, 0.1) is 0 Å². The molecule has 0 saturated carbocycles. The number of amides is 1. The van der Waals surface area contributed by atoms with E-state index in [4.69, 9.17) is 14.2 Å². The Morgan fingerprint density at radius 3 is 2.38 bits per heavy atom. The van der Waals surface area contributed by atoms with E-state index in [9.17, 15) is 4.79 Å². The molecule has 24 heavy (non-hydrogen) atoms. The van der Waals surface area contributed by atoms with Crippen molar-refractivity contribution in [1.29, 1.82) is 0 Å². The predicted molar refractivity (Wildman–Crippen MR) is 91.8 cm³/mol. The summed E-state index contributed by atoms with van der Waals surface area (Å²) < 4.78 is 16.4. The van der Waals surface area contributed by atoms with Crippen molar-refractivity contribution in [3.8, 4) is 17.2 Å². The summed E-state index contributed by atoms with van der Waals surface area (Å²) in [4.78, 5) is 10.7. The fourth-order valence-corrected chi connectivity index (χ4v) is 1.86. The van der Waals surface area contributed by atoms with E-state index in [-0.39, 0.29) is 5.91 Å². The second-order valence-corrected chi connectivity index (χ2v) is 4.87. The minimum atomic E-state index is -0.206. The second-order valence-electron chi connectivity index (χ2n) is 4.87. The number of methoxy groups -OCH3 is 1. The van der Waals surface area contributed by atoms with Crippen LogP contribution < -0.4 is 19.6 Å². The van der Waals surface area contributed by atoms with Crippen molar-refractivity contribution < 1.29 is 19.0 Å². The van der Waals surface area contributed by atoms with Gasteiger partial charge < -0.3 is 14.2 Å². The predicted octanol–water partition coefficient (Wildman–Crippen LogP) is 2.62. The molecule has 0 aliphatic heterocycles. The van der Waals surface area contributed by atoms with E-state index in [0.29, 0.717) is 13.2 Å². The second kappa shape index (κ2) is 9.19. The molecule has 0 heterocycles. The van der Waals surface area contributed by atoms with Crippen molar-refractivity contribution in [3.05, 3.63) is 54.1 Å². The Bertz CT molecular complexity index is 684. The average Bonchev–Trinajstić information content (AvgIpc) is 2.60. The summed E-state index contributed by atoms with van der Waals surface area (Å²) in [6.45, 7) is 2.26. The van der Waals surface area contributed by atoms with Gasteiger partial charge in [-0.25, -0.2) is 5.43 Å².